The normalized spacial score (nSPS) is 15.4. The van der Waals surface area contributed by atoms with Gasteiger partial charge < -0.3 is 78.9 Å². The molecule has 0 bridgehead atoms. The van der Waals surface area contributed by atoms with Crippen molar-refractivity contribution in [3.05, 3.63) is 95.6 Å². The predicted octanol–water partition coefficient (Wildman–Crippen LogP) is -0.939. The van der Waals surface area contributed by atoms with Gasteiger partial charge in [-0.15, -0.1) is 0 Å². The summed E-state index contributed by atoms with van der Waals surface area (Å²) in [4.78, 5) is 149. The summed E-state index contributed by atoms with van der Waals surface area (Å²) in [5.74, 6) is -9.43. The number of aliphatic carboxylic acids is 1. The number of carbonyl (C=O) groups is 11. The lowest BCUT2D eigenvalue weighted by molar-refractivity contribution is -0.144. The van der Waals surface area contributed by atoms with Crippen LogP contribution in [0.3, 0.4) is 0 Å². The number of benzene rings is 3. The van der Waals surface area contributed by atoms with Crippen LogP contribution < -0.4 is 53.6 Å². The van der Waals surface area contributed by atoms with E-state index in [1.807, 2.05) is 13.8 Å². The molecule has 464 valence electrons. The predicted molar refractivity (Wildman–Crippen MR) is 310 cm³/mol. The number of rotatable bonds is 34. The van der Waals surface area contributed by atoms with E-state index >= 15 is 0 Å². The summed E-state index contributed by atoms with van der Waals surface area (Å²) >= 11 is 0. The van der Waals surface area contributed by atoms with Crippen molar-refractivity contribution < 1.29 is 73.2 Å². The number of nitrogens with two attached hydrogens (primary N) is 1. The number of likely N-dealkylation sites (tertiary alicyclic amines) is 1. The highest BCUT2D eigenvalue weighted by molar-refractivity contribution is 5.98. The van der Waals surface area contributed by atoms with Crippen LogP contribution in [0.5, 0.6) is 11.5 Å². The Bertz CT molecular complexity index is 2750. The molecule has 0 aliphatic carbocycles. The number of nitrogens with one attached hydrogen (secondary N) is 9. The molecule has 8 atom stereocenters. The number of hydrogen-bond acceptors (Lipinski definition) is 15. The maximum absolute atomic E-state index is 14.7. The Hall–Kier alpha value is -8.65. The third-order valence-electron chi connectivity index (χ3n) is 13.8. The van der Waals surface area contributed by atoms with Gasteiger partial charge in [0.05, 0.1) is 19.7 Å². The molecule has 0 aromatic heterocycles. The molecule has 1 fully saturated rings. The summed E-state index contributed by atoms with van der Waals surface area (Å²) in [6, 6.07) is 9.82. The molecule has 3 aromatic rings. The molecule has 0 spiro atoms. The van der Waals surface area contributed by atoms with Crippen LogP contribution in [0.1, 0.15) is 96.3 Å². The first-order chi connectivity index (χ1) is 40.4. The molecule has 15 N–H and O–H groups in total. The van der Waals surface area contributed by atoms with E-state index < -0.39 is 133 Å². The molecular weight excluding hydrogens is 1100 g/mol. The van der Waals surface area contributed by atoms with Gasteiger partial charge in [-0.25, -0.2) is 4.79 Å². The number of phenolic OH excluding ortho intramolecular Hbond substituents is 2. The molecule has 26 heteroatoms. The van der Waals surface area contributed by atoms with E-state index in [0.29, 0.717) is 42.5 Å². The maximum Gasteiger partial charge on any atom is 0.326 e. The first-order valence-corrected chi connectivity index (χ1v) is 28.4. The SMILES string of the molecule is CC(=O)N[C@@H](Cc1ccc(O)cc1)C(=O)NCC(=O)NCC(=O)N[C@@H](Cc1ccccc1)C(=O)N[C@@H](CC(C)C)C(=O)N[C@@H](CO)C(=O)N[C@@H](Cc1ccc(O)cc1)C(=O)N1CCC[C@H]1C(=O)N[C@@H](CC(C)C)C(=O)N[C@@H](CCCCN)C(=O)O. The minimum atomic E-state index is -1.71. The third-order valence-corrected chi connectivity index (χ3v) is 13.8. The van der Waals surface area contributed by atoms with Crippen LogP contribution in [0.15, 0.2) is 78.9 Å². The van der Waals surface area contributed by atoms with Gasteiger partial charge >= 0.3 is 5.97 Å². The van der Waals surface area contributed by atoms with Gasteiger partial charge in [0.2, 0.25) is 59.1 Å². The summed E-state index contributed by atoms with van der Waals surface area (Å²) in [6.07, 6.45) is 1.52. The number of nitrogens with zero attached hydrogens (tertiary/aromatic N) is 1. The highest BCUT2D eigenvalue weighted by Crippen LogP contribution is 2.22. The number of carbonyl (C=O) groups excluding carboxylic acids is 10. The molecule has 1 aliphatic heterocycles. The topological polar surface area (TPSA) is 406 Å². The van der Waals surface area contributed by atoms with Crippen molar-refractivity contribution in [2.75, 3.05) is 32.8 Å². The highest BCUT2D eigenvalue weighted by Gasteiger charge is 2.40. The second-order valence-corrected chi connectivity index (χ2v) is 21.9. The first kappa shape index (κ1) is 68.8. The van der Waals surface area contributed by atoms with Gasteiger partial charge in [-0.3, -0.25) is 47.9 Å². The minimum absolute atomic E-state index is 0.00213. The molecule has 3 aromatic carbocycles. The lowest BCUT2D eigenvalue weighted by Crippen LogP contribution is -2.61. The van der Waals surface area contributed by atoms with E-state index in [1.165, 1.54) is 48.2 Å². The van der Waals surface area contributed by atoms with E-state index in [4.69, 9.17) is 5.73 Å². The van der Waals surface area contributed by atoms with E-state index in [-0.39, 0.29) is 74.8 Å². The number of amides is 10. The molecule has 0 unspecified atom stereocenters. The van der Waals surface area contributed by atoms with Gasteiger partial charge in [-0.1, -0.05) is 82.3 Å². The van der Waals surface area contributed by atoms with Gasteiger partial charge in [0.1, 0.15) is 59.8 Å². The molecule has 1 heterocycles. The van der Waals surface area contributed by atoms with Crippen LogP contribution in [0.2, 0.25) is 0 Å². The van der Waals surface area contributed by atoms with Crippen LogP contribution in [0, 0.1) is 11.8 Å². The number of aliphatic hydroxyl groups excluding tert-OH is 1. The zero-order chi connectivity index (χ0) is 62.8. The lowest BCUT2D eigenvalue weighted by atomic mass is 10.0. The highest BCUT2D eigenvalue weighted by atomic mass is 16.4. The average molecular weight is 1190 g/mol. The van der Waals surface area contributed by atoms with Crippen molar-refractivity contribution >= 4 is 65.0 Å². The maximum atomic E-state index is 14.7. The first-order valence-electron chi connectivity index (χ1n) is 28.4. The van der Waals surface area contributed by atoms with Gasteiger partial charge in [0, 0.05) is 32.7 Å². The fourth-order valence-corrected chi connectivity index (χ4v) is 9.44. The second-order valence-electron chi connectivity index (χ2n) is 21.9. The largest absolute Gasteiger partial charge is 0.508 e. The van der Waals surface area contributed by atoms with Gasteiger partial charge in [0.15, 0.2) is 0 Å². The summed E-state index contributed by atoms with van der Waals surface area (Å²) in [5.41, 5.74) is 7.26. The number of unbranched alkanes of at least 4 members (excludes halogenated alkanes) is 1. The number of aromatic hydroxyl groups is 2. The van der Waals surface area contributed by atoms with Crippen molar-refractivity contribution in [1.29, 1.82) is 0 Å². The number of carboxylic acids is 1. The van der Waals surface area contributed by atoms with Crippen molar-refractivity contribution in [2.24, 2.45) is 17.6 Å². The second kappa shape index (κ2) is 34.8. The fraction of sp³-hybridized carbons (Fsp3) is 0.508. The Morgan fingerprint density at radius 2 is 1.01 bits per heavy atom. The van der Waals surface area contributed by atoms with E-state index in [0.717, 1.165) is 0 Å². The molecule has 85 heavy (non-hydrogen) atoms. The standard InChI is InChI=1S/C59H83N11O15/c1-34(2)26-43(66-55(80)46(28-37-12-7-6-8-13-37)64-51(76)32-61-50(75)31-62-52(77)45(63-36(5)72)29-38-16-20-40(73)21-17-38)54(79)69-48(33-71)56(81)68-47(30-39-18-22-41(74)23-19-39)58(83)70-25-11-15-49(70)57(82)67-44(27-35(3)4)53(78)65-42(59(84)85)14-9-10-24-60/h6-8,12-13,16-23,34-35,42-49,71,73-74H,9-11,14-15,24-33,60H2,1-5H3,(H,61,75)(H,62,77)(H,63,72)(H,64,76)(H,65,78)(H,66,80)(H,67,82)(H,68,81)(H,69,79)(H,84,85)/t42-,43-,44-,45-,46-,47-,48-,49-/m0/s1. The summed E-state index contributed by atoms with van der Waals surface area (Å²) in [5, 5.41) is 62.9. The van der Waals surface area contributed by atoms with Crippen molar-refractivity contribution in [1.82, 2.24) is 52.8 Å². The molecule has 1 saturated heterocycles. The molecular formula is C59H83N11O15. The number of aliphatic hydroxyl groups is 1. The minimum Gasteiger partial charge on any atom is -0.508 e. The number of hydrogen-bond donors (Lipinski definition) is 14. The zero-order valence-corrected chi connectivity index (χ0v) is 48.7. The van der Waals surface area contributed by atoms with Gasteiger partial charge in [0.25, 0.3) is 0 Å². The summed E-state index contributed by atoms with van der Waals surface area (Å²) in [6.45, 7) is 6.56. The van der Waals surface area contributed by atoms with Crippen LogP contribution in [0.4, 0.5) is 0 Å². The quantitative estimate of drug-likeness (QED) is 0.0321. The molecule has 26 nitrogen and oxygen atoms in total. The molecule has 0 saturated carbocycles. The Balaban J connectivity index is 1.47. The summed E-state index contributed by atoms with van der Waals surface area (Å²) in [7, 11) is 0. The molecule has 10 amide bonds. The molecule has 1 aliphatic rings. The number of carboxylic acid groups (broad SMARTS) is 1. The van der Waals surface area contributed by atoms with Crippen LogP contribution in [-0.4, -0.2) is 171 Å². The van der Waals surface area contributed by atoms with Crippen LogP contribution in [-0.2, 0) is 72.0 Å². The van der Waals surface area contributed by atoms with E-state index in [1.54, 1.807) is 56.3 Å². The Morgan fingerprint density at radius 3 is 1.54 bits per heavy atom. The Labute approximate surface area is 494 Å². The van der Waals surface area contributed by atoms with Gasteiger partial charge in [-0.2, -0.15) is 0 Å². The van der Waals surface area contributed by atoms with E-state index in [9.17, 15) is 73.2 Å². The zero-order valence-electron chi connectivity index (χ0n) is 48.7. The Morgan fingerprint density at radius 1 is 0.541 bits per heavy atom. The molecule has 0 radical (unpaired) electrons. The fourth-order valence-electron chi connectivity index (χ4n) is 9.44. The Kier molecular flexibility index (Phi) is 28.2. The van der Waals surface area contributed by atoms with Gasteiger partial charge in [-0.05, 0) is 104 Å². The van der Waals surface area contributed by atoms with E-state index in [2.05, 4.69) is 47.9 Å². The smallest absolute Gasteiger partial charge is 0.326 e. The lowest BCUT2D eigenvalue weighted by Gasteiger charge is -2.31. The molecule has 4 rings (SSSR count). The monoisotopic (exact) mass is 1190 g/mol. The average Bonchev–Trinajstić information content (AvgIpc) is 3.37. The summed E-state index contributed by atoms with van der Waals surface area (Å²) < 4.78 is 0. The van der Waals surface area contributed by atoms with Crippen molar-refractivity contribution in [2.45, 2.75) is 147 Å². The van der Waals surface area contributed by atoms with Crippen LogP contribution >= 0.6 is 0 Å². The third kappa shape index (κ3) is 23.9. The van der Waals surface area contributed by atoms with Crippen molar-refractivity contribution in [3.8, 4) is 11.5 Å². The van der Waals surface area contributed by atoms with Crippen molar-refractivity contribution in [3.63, 3.8) is 0 Å². The number of phenols is 2. The van der Waals surface area contributed by atoms with Crippen LogP contribution in [0.25, 0.3) is 0 Å².